The van der Waals surface area contributed by atoms with Gasteiger partial charge in [-0.1, -0.05) is 132 Å². The molecule has 0 saturated heterocycles. The van der Waals surface area contributed by atoms with E-state index in [2.05, 4.69) is 172 Å². The maximum atomic E-state index is 15.1. The Morgan fingerprint density at radius 2 is 0.761 bits per heavy atom. The van der Waals surface area contributed by atoms with Crippen LogP contribution >= 0.6 is 0 Å². The number of nitrogens with zero attached hydrogens (tertiary/aromatic N) is 1. The fourth-order valence-electron chi connectivity index (χ4n) is 15.6. The van der Waals surface area contributed by atoms with Gasteiger partial charge in [-0.2, -0.15) is 0 Å². The Hall–Kier alpha value is -3.05. The second-order valence-corrected chi connectivity index (χ2v) is 46.3. The molecule has 5 aromatic rings. The van der Waals surface area contributed by atoms with Crippen LogP contribution in [0, 0.1) is 35.5 Å². The molecule has 0 radical (unpaired) electrons. The summed E-state index contributed by atoms with van der Waals surface area (Å²) in [4.78, 5) is 5.44. The van der Waals surface area contributed by atoms with Gasteiger partial charge in [0.25, 0.3) is 0 Å². The summed E-state index contributed by atoms with van der Waals surface area (Å²) in [6.07, 6.45) is 15.1. The van der Waals surface area contributed by atoms with E-state index in [0.717, 1.165) is 91.4 Å². The fourth-order valence-corrected chi connectivity index (χ4v) is 31.4. The Labute approximate surface area is 443 Å². The number of pyridine rings is 1. The number of aromatic nitrogens is 1. The first-order chi connectivity index (χ1) is 33.4. The summed E-state index contributed by atoms with van der Waals surface area (Å²) in [6.45, 7) is 28.8. The van der Waals surface area contributed by atoms with E-state index in [9.17, 15) is 0 Å². The van der Waals surface area contributed by atoms with Gasteiger partial charge in [-0.15, -0.1) is 0 Å². The first kappa shape index (κ1) is 51.4. The van der Waals surface area contributed by atoms with Crippen LogP contribution in [0.5, 0.6) is 11.5 Å². The van der Waals surface area contributed by atoms with Crippen LogP contribution in [-0.2, 0) is 44.9 Å². The predicted octanol–water partition coefficient (Wildman–Crippen LogP) is 17.1. The summed E-state index contributed by atoms with van der Waals surface area (Å²) in [7, 11) is -1.32. The van der Waals surface area contributed by atoms with E-state index < -0.39 is 16.1 Å². The van der Waals surface area contributed by atoms with Crippen LogP contribution in [0.2, 0.25) is 46.8 Å². The zero-order valence-corrected chi connectivity index (χ0v) is 50.2. The van der Waals surface area contributed by atoms with E-state index in [0.29, 0.717) is 0 Å². The molecule has 3 nitrogen and oxygen atoms in total. The molecule has 8 aliphatic rings. The molecule has 1 heterocycles. The molecule has 8 aliphatic carbocycles. The zero-order chi connectivity index (χ0) is 50.5. The predicted molar refractivity (Wildman–Crippen MR) is 298 cm³/mol. The SMILES string of the molecule is CC(C)(C)c1cc(-c2ccccc2-c2cccc(-c3ccccc3-c3cc(C(C)(C)C)cc(C45CC6CC(CC(C6)C4)C5)c3[O-])n2)c([O-])c(C23CC4CC(CC(C4)C2)C3)c1.C[Si](C)(C)[CH2][Zr+2][CH2][Si](C)(C)C. The van der Waals surface area contributed by atoms with Crippen molar-refractivity contribution in [3.8, 4) is 56.3 Å². The van der Waals surface area contributed by atoms with Gasteiger partial charge >= 0.3 is 86.2 Å². The molecular weight excluding hydrogens is 974 g/mol. The second kappa shape index (κ2) is 19.0. The van der Waals surface area contributed by atoms with Crippen molar-refractivity contribution in [3.63, 3.8) is 0 Å². The van der Waals surface area contributed by atoms with Gasteiger partial charge in [-0.25, -0.2) is 4.98 Å². The van der Waals surface area contributed by atoms with Gasteiger partial charge in [0, 0.05) is 11.1 Å². The van der Waals surface area contributed by atoms with E-state index >= 15 is 10.2 Å². The van der Waals surface area contributed by atoms with E-state index in [-0.39, 0.29) is 56.4 Å². The molecule has 0 unspecified atom stereocenters. The normalized spacial score (nSPS) is 27.6. The third-order valence-electron chi connectivity index (χ3n) is 18.2. The first-order valence-corrected chi connectivity index (χ1v) is 38.8. The van der Waals surface area contributed by atoms with Crippen LogP contribution in [0.25, 0.3) is 44.8 Å². The van der Waals surface area contributed by atoms with Crippen molar-refractivity contribution in [2.45, 2.75) is 187 Å². The summed E-state index contributed by atoms with van der Waals surface area (Å²) in [5, 5.41) is 30.3. The van der Waals surface area contributed by atoms with Crippen molar-refractivity contribution in [3.05, 3.63) is 113 Å². The Morgan fingerprint density at radius 1 is 0.451 bits per heavy atom. The van der Waals surface area contributed by atoms with Crippen molar-refractivity contribution in [1.29, 1.82) is 0 Å². The third kappa shape index (κ3) is 10.6. The summed E-state index contributed by atoms with van der Waals surface area (Å²) in [5.74, 6) is 5.00. The van der Waals surface area contributed by atoms with Gasteiger partial charge in [0.1, 0.15) is 0 Å². The standard InChI is InChI=1S/C57H65NO2.2C4H11Si.Zr/c1-54(2,3)40-24-46(52(59)48(26-40)56-28-34-18-35(29-56)20-36(19-34)30-56)42-12-7-9-14-44(42)50-16-11-17-51(58-50)45-15-10-8-13-43(45)47-25-41(55(4,5)6)27-49(53(47)60)57-31-37-21-38(32-57)23-39(22-37)33-57;2*1-5(2,3)4;/h7-17,24-27,34-39,59-60H,18-23,28-33H2,1-6H3;2*1H2,2-4H3;/q;;;+2/p-2. The minimum absolute atomic E-state index is 0.00106. The Morgan fingerprint density at radius 3 is 1.06 bits per heavy atom. The summed E-state index contributed by atoms with van der Waals surface area (Å²) in [6, 6.07) is 32.2. The molecule has 8 bridgehead atoms. The first-order valence-electron chi connectivity index (χ1n) is 27.9. The second-order valence-electron chi connectivity index (χ2n) is 28.9. The Kier molecular flexibility index (Phi) is 13.7. The van der Waals surface area contributed by atoms with Crippen LogP contribution in [0.1, 0.15) is 141 Å². The van der Waals surface area contributed by atoms with E-state index in [1.807, 2.05) is 0 Å². The molecule has 8 fully saturated rings. The van der Waals surface area contributed by atoms with Crippen molar-refractivity contribution in [2.24, 2.45) is 35.5 Å². The van der Waals surface area contributed by atoms with Gasteiger partial charge in [0.2, 0.25) is 0 Å². The zero-order valence-electron chi connectivity index (χ0n) is 45.8. The van der Waals surface area contributed by atoms with Crippen LogP contribution in [0.4, 0.5) is 0 Å². The fraction of sp³-hybridized carbons (Fsp3) is 0.554. The summed E-state index contributed by atoms with van der Waals surface area (Å²) < 4.78 is 3.39. The summed E-state index contributed by atoms with van der Waals surface area (Å²) in [5.41, 5.74) is 11.6. The van der Waals surface area contributed by atoms with Crippen LogP contribution < -0.4 is 10.2 Å². The Balaban J connectivity index is 0.000000475. The average molecular weight is 1060 g/mol. The summed E-state index contributed by atoms with van der Waals surface area (Å²) >= 11 is 0.0654. The van der Waals surface area contributed by atoms with E-state index in [1.165, 1.54) is 88.2 Å². The van der Waals surface area contributed by atoms with Crippen molar-refractivity contribution >= 4 is 16.1 Å². The molecular formula is C65H85NO2Si2Zr. The van der Waals surface area contributed by atoms with E-state index in [4.69, 9.17) is 4.98 Å². The molecule has 6 heteroatoms. The molecule has 0 N–H and O–H groups in total. The van der Waals surface area contributed by atoms with Crippen LogP contribution in [-0.4, -0.2) is 21.1 Å². The average Bonchev–Trinajstić information content (AvgIpc) is 3.27. The van der Waals surface area contributed by atoms with Gasteiger partial charge < -0.3 is 10.2 Å². The van der Waals surface area contributed by atoms with Gasteiger partial charge in [0.15, 0.2) is 0 Å². The molecule has 0 aliphatic heterocycles. The number of hydrogen-bond acceptors (Lipinski definition) is 3. The molecule has 0 atom stereocenters. The van der Waals surface area contributed by atoms with Crippen LogP contribution in [0.15, 0.2) is 91.0 Å². The topological polar surface area (TPSA) is 59.0 Å². The van der Waals surface area contributed by atoms with Crippen molar-refractivity contribution in [2.75, 3.05) is 0 Å². The Bertz CT molecular complexity index is 2520. The number of rotatable bonds is 10. The molecule has 1 aromatic heterocycles. The van der Waals surface area contributed by atoms with Crippen LogP contribution in [0.3, 0.4) is 0 Å². The molecule has 0 amide bonds. The van der Waals surface area contributed by atoms with Gasteiger partial charge in [-0.05, 0) is 191 Å². The van der Waals surface area contributed by atoms with E-state index in [1.54, 1.807) is 7.50 Å². The number of benzene rings is 4. The molecule has 13 rings (SSSR count). The third-order valence-corrected chi connectivity index (χ3v) is 40.1. The quantitative estimate of drug-likeness (QED) is 0.131. The molecule has 4 aromatic carbocycles. The number of hydrogen-bond donors (Lipinski definition) is 0. The van der Waals surface area contributed by atoms with Crippen molar-refractivity contribution in [1.82, 2.24) is 4.98 Å². The van der Waals surface area contributed by atoms with Gasteiger partial charge in [0.05, 0.1) is 11.4 Å². The van der Waals surface area contributed by atoms with Gasteiger partial charge in [-0.3, -0.25) is 0 Å². The van der Waals surface area contributed by atoms with Crippen molar-refractivity contribution < 1.29 is 33.4 Å². The molecule has 8 saturated carbocycles. The molecule has 0 spiro atoms. The molecule has 374 valence electrons. The maximum absolute atomic E-state index is 15.1. The minimum atomic E-state index is -0.659. The molecule has 71 heavy (non-hydrogen) atoms. The monoisotopic (exact) mass is 1060 g/mol.